The summed E-state index contributed by atoms with van der Waals surface area (Å²) in [5, 5.41) is 0. The Morgan fingerprint density at radius 1 is 1.43 bits per heavy atom. The Morgan fingerprint density at radius 2 is 2.21 bits per heavy atom. The maximum atomic E-state index is 4.37. The fourth-order valence-corrected chi connectivity index (χ4v) is 2.35. The van der Waals surface area contributed by atoms with Crippen LogP contribution in [0.2, 0.25) is 0 Å². The predicted octanol–water partition coefficient (Wildman–Crippen LogP) is 3.03. The van der Waals surface area contributed by atoms with E-state index in [1.54, 1.807) is 0 Å². The van der Waals surface area contributed by atoms with Crippen LogP contribution in [0.3, 0.4) is 0 Å². The summed E-state index contributed by atoms with van der Waals surface area (Å²) >= 11 is 0. The molecule has 0 aliphatic heterocycles. The Bertz CT molecular complexity index is 297. The van der Waals surface area contributed by atoms with Gasteiger partial charge in [0.2, 0.25) is 0 Å². The van der Waals surface area contributed by atoms with Crippen molar-refractivity contribution in [2.75, 3.05) is 0 Å². The first-order chi connectivity index (χ1) is 6.79. The van der Waals surface area contributed by atoms with Crippen LogP contribution >= 0.6 is 0 Å². The molecule has 1 fully saturated rings. The highest BCUT2D eigenvalue weighted by Gasteiger charge is 2.41. The number of hydrogen-bond donors (Lipinski definition) is 0. The van der Waals surface area contributed by atoms with Crippen LogP contribution in [-0.4, -0.2) is 9.55 Å². The van der Waals surface area contributed by atoms with Gasteiger partial charge in [-0.2, -0.15) is 0 Å². The normalized spacial score (nSPS) is 18.4. The summed E-state index contributed by atoms with van der Waals surface area (Å²) in [7, 11) is 0. The van der Waals surface area contributed by atoms with Crippen molar-refractivity contribution >= 4 is 0 Å². The molecule has 0 bridgehead atoms. The highest BCUT2D eigenvalue weighted by Crippen LogP contribution is 2.51. The second-order valence-corrected chi connectivity index (χ2v) is 4.57. The van der Waals surface area contributed by atoms with Gasteiger partial charge in [0.1, 0.15) is 5.82 Å². The van der Waals surface area contributed by atoms with Crippen molar-refractivity contribution in [3.63, 3.8) is 0 Å². The van der Waals surface area contributed by atoms with Crippen LogP contribution in [0.25, 0.3) is 0 Å². The third-order valence-corrected chi connectivity index (χ3v) is 3.36. The van der Waals surface area contributed by atoms with Gasteiger partial charge in [0, 0.05) is 25.4 Å². The van der Waals surface area contributed by atoms with Crippen molar-refractivity contribution in [3.05, 3.63) is 18.2 Å². The van der Waals surface area contributed by atoms with E-state index >= 15 is 0 Å². The fraction of sp³-hybridized carbons (Fsp3) is 0.750. The number of nitrogens with zero attached hydrogens (tertiary/aromatic N) is 2. The molecule has 0 unspecified atom stereocenters. The van der Waals surface area contributed by atoms with Crippen LogP contribution in [-0.2, 0) is 13.0 Å². The van der Waals surface area contributed by atoms with E-state index in [9.17, 15) is 0 Å². The summed E-state index contributed by atoms with van der Waals surface area (Å²) < 4.78 is 2.35. The van der Waals surface area contributed by atoms with Gasteiger partial charge in [-0.1, -0.05) is 20.3 Å². The van der Waals surface area contributed by atoms with Gasteiger partial charge in [-0.3, -0.25) is 0 Å². The van der Waals surface area contributed by atoms with Crippen LogP contribution in [0.1, 0.15) is 45.4 Å². The zero-order chi connectivity index (χ0) is 10.0. The number of imidazole rings is 1. The van der Waals surface area contributed by atoms with Crippen LogP contribution in [0.5, 0.6) is 0 Å². The molecule has 0 amide bonds. The zero-order valence-electron chi connectivity index (χ0n) is 9.29. The maximum Gasteiger partial charge on any atom is 0.108 e. The fourth-order valence-electron chi connectivity index (χ4n) is 2.35. The minimum Gasteiger partial charge on any atom is -0.334 e. The standard InChI is InChI=1S/C12H20N2/c1-3-5-12(6-7-12)10-14-9-8-13-11(14)4-2/h8-9H,3-7,10H2,1-2H3. The van der Waals surface area contributed by atoms with E-state index in [0.717, 1.165) is 6.42 Å². The monoisotopic (exact) mass is 192 g/mol. The van der Waals surface area contributed by atoms with Crippen molar-refractivity contribution < 1.29 is 0 Å². The molecule has 2 nitrogen and oxygen atoms in total. The van der Waals surface area contributed by atoms with Gasteiger partial charge in [-0.25, -0.2) is 4.98 Å². The number of rotatable bonds is 5. The van der Waals surface area contributed by atoms with Crippen LogP contribution in [0, 0.1) is 5.41 Å². The lowest BCUT2D eigenvalue weighted by Gasteiger charge is -2.16. The summed E-state index contributed by atoms with van der Waals surface area (Å²) in [5.74, 6) is 1.24. The predicted molar refractivity (Wildman–Crippen MR) is 58.2 cm³/mol. The Hall–Kier alpha value is -0.790. The molecule has 78 valence electrons. The average Bonchev–Trinajstić information content (AvgIpc) is 2.79. The van der Waals surface area contributed by atoms with Gasteiger partial charge in [-0.05, 0) is 24.7 Å². The summed E-state index contributed by atoms with van der Waals surface area (Å²) in [6, 6.07) is 0. The Labute approximate surface area is 86.3 Å². The van der Waals surface area contributed by atoms with Gasteiger partial charge in [0.15, 0.2) is 0 Å². The van der Waals surface area contributed by atoms with Crippen LogP contribution < -0.4 is 0 Å². The first-order valence-electron chi connectivity index (χ1n) is 5.80. The van der Waals surface area contributed by atoms with Crippen molar-refractivity contribution in [1.82, 2.24) is 9.55 Å². The second kappa shape index (κ2) is 3.76. The highest BCUT2D eigenvalue weighted by atomic mass is 15.1. The molecule has 0 radical (unpaired) electrons. The molecule has 2 heteroatoms. The van der Waals surface area contributed by atoms with Crippen molar-refractivity contribution in [3.8, 4) is 0 Å². The third-order valence-electron chi connectivity index (χ3n) is 3.36. The minimum absolute atomic E-state index is 0.638. The number of aryl methyl sites for hydroxylation is 1. The van der Waals surface area contributed by atoms with Crippen LogP contribution in [0.15, 0.2) is 12.4 Å². The topological polar surface area (TPSA) is 17.8 Å². The molecular formula is C12H20N2. The summed E-state index contributed by atoms with van der Waals surface area (Å²) in [4.78, 5) is 4.37. The Morgan fingerprint density at radius 3 is 2.79 bits per heavy atom. The zero-order valence-corrected chi connectivity index (χ0v) is 9.29. The van der Waals surface area contributed by atoms with Crippen molar-refractivity contribution in [2.45, 2.75) is 52.5 Å². The van der Waals surface area contributed by atoms with E-state index in [1.165, 1.54) is 38.1 Å². The van der Waals surface area contributed by atoms with E-state index in [0.29, 0.717) is 5.41 Å². The molecule has 1 aliphatic carbocycles. The Kier molecular flexibility index (Phi) is 2.62. The molecule has 0 saturated heterocycles. The van der Waals surface area contributed by atoms with Gasteiger partial charge in [0.05, 0.1) is 0 Å². The number of hydrogen-bond acceptors (Lipinski definition) is 1. The molecule has 1 aromatic heterocycles. The van der Waals surface area contributed by atoms with Gasteiger partial charge in [-0.15, -0.1) is 0 Å². The molecular weight excluding hydrogens is 172 g/mol. The lowest BCUT2D eigenvalue weighted by atomic mass is 10.0. The lowest BCUT2D eigenvalue weighted by molar-refractivity contribution is 0.382. The largest absolute Gasteiger partial charge is 0.334 e. The van der Waals surface area contributed by atoms with Gasteiger partial charge < -0.3 is 4.57 Å². The third kappa shape index (κ3) is 1.84. The summed E-state index contributed by atoms with van der Waals surface area (Å²) in [5.41, 5.74) is 0.638. The molecule has 0 N–H and O–H groups in total. The molecule has 14 heavy (non-hydrogen) atoms. The summed E-state index contributed by atoms with van der Waals surface area (Å²) in [6.45, 7) is 5.66. The average molecular weight is 192 g/mol. The minimum atomic E-state index is 0.638. The number of aromatic nitrogens is 2. The first-order valence-corrected chi connectivity index (χ1v) is 5.80. The first kappa shape index (κ1) is 9.75. The van der Waals surface area contributed by atoms with E-state index in [1.807, 2.05) is 6.20 Å². The maximum absolute atomic E-state index is 4.37. The van der Waals surface area contributed by atoms with E-state index in [-0.39, 0.29) is 0 Å². The highest BCUT2D eigenvalue weighted by molar-refractivity contribution is 4.99. The smallest absolute Gasteiger partial charge is 0.108 e. The van der Waals surface area contributed by atoms with Crippen LogP contribution in [0.4, 0.5) is 0 Å². The Balaban J connectivity index is 2.03. The molecule has 0 aromatic carbocycles. The molecule has 0 atom stereocenters. The molecule has 1 heterocycles. The quantitative estimate of drug-likeness (QED) is 0.701. The lowest BCUT2D eigenvalue weighted by Crippen LogP contribution is -2.13. The van der Waals surface area contributed by atoms with E-state index in [4.69, 9.17) is 0 Å². The van der Waals surface area contributed by atoms with Gasteiger partial charge in [0.25, 0.3) is 0 Å². The molecule has 0 spiro atoms. The molecule has 1 saturated carbocycles. The van der Waals surface area contributed by atoms with Crippen molar-refractivity contribution in [1.29, 1.82) is 0 Å². The summed E-state index contributed by atoms with van der Waals surface area (Å²) in [6.07, 6.45) is 10.7. The van der Waals surface area contributed by atoms with Crippen molar-refractivity contribution in [2.24, 2.45) is 5.41 Å². The molecule has 1 aromatic rings. The molecule has 2 rings (SSSR count). The SMILES string of the molecule is CCCC1(Cn2ccnc2CC)CC1. The van der Waals surface area contributed by atoms with Gasteiger partial charge >= 0.3 is 0 Å². The second-order valence-electron chi connectivity index (χ2n) is 4.57. The molecule has 1 aliphatic rings. The van der Waals surface area contributed by atoms with E-state index < -0.39 is 0 Å². The van der Waals surface area contributed by atoms with E-state index in [2.05, 4.69) is 29.6 Å².